The summed E-state index contributed by atoms with van der Waals surface area (Å²) in [6.45, 7) is 0. The molecule has 0 saturated heterocycles. The van der Waals surface area contributed by atoms with Crippen LogP contribution in [0.25, 0.3) is 27.6 Å². The van der Waals surface area contributed by atoms with E-state index in [2.05, 4.69) is 65.6 Å². The fourth-order valence-electron chi connectivity index (χ4n) is 5.74. The van der Waals surface area contributed by atoms with Gasteiger partial charge in [-0.05, 0) is 0 Å². The van der Waals surface area contributed by atoms with E-state index in [9.17, 15) is 9.59 Å². The summed E-state index contributed by atoms with van der Waals surface area (Å²) in [5.41, 5.74) is 3.81. The second-order valence-corrected chi connectivity index (χ2v) is 14.2. The van der Waals surface area contributed by atoms with Crippen LogP contribution in [0.1, 0.15) is 25.2 Å². The average molecular weight is 631 g/mol. The quantitative estimate of drug-likeness (QED) is 0.103. The first kappa shape index (κ1) is 23.0. The van der Waals surface area contributed by atoms with Gasteiger partial charge in [0.25, 0.3) is 0 Å². The van der Waals surface area contributed by atoms with Crippen molar-refractivity contribution in [3.8, 4) is 0 Å². The number of anilines is 3. The van der Waals surface area contributed by atoms with Crippen molar-refractivity contribution in [1.29, 1.82) is 0 Å². The van der Waals surface area contributed by atoms with Crippen LogP contribution in [-0.2, 0) is 0 Å². The summed E-state index contributed by atoms with van der Waals surface area (Å²) in [5.74, 6) is -0.336. The summed E-state index contributed by atoms with van der Waals surface area (Å²) >= 11 is 0.200. The van der Waals surface area contributed by atoms with Gasteiger partial charge in [-0.2, -0.15) is 0 Å². The molecule has 2 heterocycles. The van der Waals surface area contributed by atoms with Crippen molar-refractivity contribution >= 4 is 93.5 Å². The number of Topliss-reactive ketones (excluding diaryl/α,β-unsaturated/α-hetero) is 2. The van der Waals surface area contributed by atoms with Crippen molar-refractivity contribution in [2.24, 2.45) is 0 Å². The minimum absolute atomic E-state index is 0.0585. The van der Waals surface area contributed by atoms with E-state index in [1.807, 2.05) is 54.6 Å². The van der Waals surface area contributed by atoms with E-state index < -0.39 is 0 Å². The number of rotatable bonds is 2. The van der Waals surface area contributed by atoms with Crippen molar-refractivity contribution in [1.82, 2.24) is 0 Å². The number of nitrogens with zero attached hydrogens (tertiary/aromatic N) is 1. The van der Waals surface area contributed by atoms with Crippen LogP contribution in [0, 0.1) is 0 Å². The topological polar surface area (TPSA) is 37.4 Å². The van der Waals surface area contributed by atoms with Crippen LogP contribution in [0.4, 0.5) is 15.9 Å². The molecule has 0 fully saturated rings. The Labute approximate surface area is 237 Å². The molecule has 1 aliphatic heterocycles. The van der Waals surface area contributed by atoms with E-state index in [4.69, 9.17) is 0 Å². The third-order valence-corrected chi connectivity index (χ3v) is 11.9. The number of ketones is 2. The number of para-hydroxylation sites is 2. The van der Waals surface area contributed by atoms with E-state index in [0.717, 1.165) is 26.0 Å². The zero-order valence-corrected chi connectivity index (χ0v) is 24.0. The zero-order chi connectivity index (χ0) is 26.1. The number of fused-ring (bicyclic) bond motifs is 8. The maximum atomic E-state index is 13.8. The maximum absolute atomic E-state index is 13.8. The molecule has 39 heavy (non-hydrogen) atoms. The average Bonchev–Trinajstić information content (AvgIpc) is 3.54. The molecular formula is C34H19NO2Se2. The molecule has 0 atom stereocenters. The fourth-order valence-corrected chi connectivity index (χ4v) is 10.0. The van der Waals surface area contributed by atoms with Gasteiger partial charge in [0.2, 0.25) is 0 Å². The Morgan fingerprint density at radius 1 is 0.538 bits per heavy atom. The number of benzene rings is 5. The Hall–Kier alpha value is -3.98. The summed E-state index contributed by atoms with van der Waals surface area (Å²) in [4.78, 5) is 30.0. The molecule has 0 amide bonds. The van der Waals surface area contributed by atoms with Gasteiger partial charge in [-0.15, -0.1) is 0 Å². The minimum atomic E-state index is -0.168. The predicted octanol–water partition coefficient (Wildman–Crippen LogP) is 5.95. The van der Waals surface area contributed by atoms with Crippen molar-refractivity contribution < 1.29 is 9.59 Å². The molecule has 2 aliphatic rings. The van der Waals surface area contributed by atoms with E-state index in [0.29, 0.717) is 11.1 Å². The first-order valence-corrected chi connectivity index (χ1v) is 16.1. The summed E-state index contributed by atoms with van der Waals surface area (Å²) in [7, 11) is 0. The van der Waals surface area contributed by atoms with Crippen LogP contribution in [0.3, 0.4) is 0 Å². The van der Waals surface area contributed by atoms with E-state index in [-0.39, 0.29) is 46.6 Å². The van der Waals surface area contributed by atoms with E-state index in [1.165, 1.54) is 24.9 Å². The summed E-state index contributed by atoms with van der Waals surface area (Å²) in [5, 5.41) is 3.71. The van der Waals surface area contributed by atoms with Gasteiger partial charge in [0.15, 0.2) is 0 Å². The van der Waals surface area contributed by atoms with Crippen molar-refractivity contribution in [2.75, 3.05) is 4.90 Å². The molecule has 6 aromatic rings. The molecule has 0 N–H and O–H groups in total. The molecule has 5 aromatic carbocycles. The number of carbonyl (C=O) groups excluding carboxylic acids is 2. The Balaban J connectivity index is 1.26. The van der Waals surface area contributed by atoms with Crippen LogP contribution in [0.2, 0.25) is 0 Å². The van der Waals surface area contributed by atoms with Crippen molar-refractivity contribution in [3.05, 3.63) is 130 Å². The van der Waals surface area contributed by atoms with Crippen LogP contribution in [0.15, 0.2) is 115 Å². The van der Waals surface area contributed by atoms with Crippen LogP contribution in [-0.4, -0.2) is 41.0 Å². The second-order valence-electron chi connectivity index (χ2n) is 9.61. The predicted molar refractivity (Wildman–Crippen MR) is 161 cm³/mol. The van der Waals surface area contributed by atoms with Crippen LogP contribution in [0.5, 0.6) is 0 Å². The molecule has 184 valence electrons. The molecule has 0 saturated carbocycles. The van der Waals surface area contributed by atoms with Crippen molar-refractivity contribution in [2.45, 2.75) is 0 Å². The van der Waals surface area contributed by atoms with E-state index >= 15 is 0 Å². The number of carbonyl (C=O) groups is 2. The molecule has 3 nitrogen and oxygen atoms in total. The van der Waals surface area contributed by atoms with Gasteiger partial charge in [-0.1, -0.05) is 0 Å². The zero-order valence-electron chi connectivity index (χ0n) is 20.5. The standard InChI is InChI=1S/C34H19NO2Se2/c36-33-25(34(37)32-24-12-4-2-10-22(24)21-9-1-3-11-23(21)31(32)33)19-20-17-18-30(38-20)35-26-13-5-7-15-28(26)39-29-16-8-6-14-27(29)35/h1-19H. The molecule has 0 spiro atoms. The number of hydrogen-bond donors (Lipinski definition) is 0. The molecule has 5 heteroatoms. The third-order valence-electron chi connectivity index (χ3n) is 7.43. The van der Waals surface area contributed by atoms with Crippen LogP contribution < -0.4 is 13.8 Å². The summed E-state index contributed by atoms with van der Waals surface area (Å²) < 4.78 is 4.96. The molecule has 0 radical (unpaired) electrons. The monoisotopic (exact) mass is 633 g/mol. The molecular weight excluding hydrogens is 612 g/mol. The third kappa shape index (κ3) is 3.42. The van der Waals surface area contributed by atoms with Crippen molar-refractivity contribution in [3.63, 3.8) is 0 Å². The van der Waals surface area contributed by atoms with Gasteiger partial charge in [-0.25, -0.2) is 0 Å². The SMILES string of the molecule is O=C1C(=Cc2ccc(N3c4ccccc4[Se]c4ccccc43)[se]2)C(=O)c2c1c1ccccc1c1ccccc21. The molecule has 1 aliphatic carbocycles. The van der Waals surface area contributed by atoms with Gasteiger partial charge >= 0.3 is 238 Å². The molecule has 8 rings (SSSR count). The Morgan fingerprint density at radius 3 is 1.59 bits per heavy atom. The molecule has 0 unspecified atom stereocenters. The summed E-state index contributed by atoms with van der Waals surface area (Å²) in [6.07, 6.45) is 1.85. The number of hydrogen-bond acceptors (Lipinski definition) is 3. The van der Waals surface area contributed by atoms with Gasteiger partial charge in [0.1, 0.15) is 0 Å². The Kier molecular flexibility index (Phi) is 5.16. The van der Waals surface area contributed by atoms with Gasteiger partial charge in [0.05, 0.1) is 0 Å². The fraction of sp³-hybridized carbons (Fsp3) is 0. The normalized spacial score (nSPS) is 14.1. The Morgan fingerprint density at radius 2 is 1.03 bits per heavy atom. The van der Waals surface area contributed by atoms with Crippen LogP contribution >= 0.6 is 0 Å². The van der Waals surface area contributed by atoms with E-state index in [1.54, 1.807) is 0 Å². The van der Waals surface area contributed by atoms with Gasteiger partial charge in [0, 0.05) is 0 Å². The van der Waals surface area contributed by atoms with Gasteiger partial charge in [-0.3, -0.25) is 0 Å². The molecule has 0 bridgehead atoms. The number of allylic oxidation sites excluding steroid dienone is 1. The molecule has 1 aromatic heterocycles. The Bertz CT molecular complexity index is 1930. The second kappa shape index (κ2) is 8.77. The van der Waals surface area contributed by atoms with Gasteiger partial charge < -0.3 is 0 Å². The summed E-state index contributed by atoms with van der Waals surface area (Å²) in [6, 6.07) is 37.3. The first-order chi connectivity index (χ1) is 19.2. The first-order valence-electron chi connectivity index (χ1n) is 12.7.